The summed E-state index contributed by atoms with van der Waals surface area (Å²) in [6.45, 7) is 4.44. The Kier molecular flexibility index (Phi) is 6.20. The maximum Gasteiger partial charge on any atom is 0.223 e. The maximum atomic E-state index is 12.7. The van der Waals surface area contributed by atoms with Gasteiger partial charge in [0.25, 0.3) is 0 Å². The van der Waals surface area contributed by atoms with Crippen LogP contribution in [0.15, 0.2) is 36.4 Å². The van der Waals surface area contributed by atoms with E-state index in [0.29, 0.717) is 19.5 Å². The molecule has 0 N–H and O–H groups in total. The molecular weight excluding hydrogens is 390 g/mol. The molecule has 2 aliphatic heterocycles. The van der Waals surface area contributed by atoms with Gasteiger partial charge in [-0.1, -0.05) is 30.3 Å². The van der Waals surface area contributed by atoms with E-state index in [1.165, 1.54) is 0 Å². The number of nitrogens with zero attached hydrogens (tertiary/aromatic N) is 5. The fourth-order valence-electron chi connectivity index (χ4n) is 4.47. The number of hydrogen-bond donors (Lipinski definition) is 0. The number of aromatic nitrogens is 2. The van der Waals surface area contributed by atoms with Crippen molar-refractivity contribution in [3.63, 3.8) is 0 Å². The lowest BCUT2D eigenvalue weighted by atomic mass is 9.95. The van der Waals surface area contributed by atoms with E-state index in [4.69, 9.17) is 9.97 Å². The normalized spacial score (nSPS) is 19.7. The summed E-state index contributed by atoms with van der Waals surface area (Å²) in [5.74, 6) is 2.35. The Labute approximate surface area is 184 Å². The summed E-state index contributed by atoms with van der Waals surface area (Å²) in [4.78, 5) is 39.9. The van der Waals surface area contributed by atoms with Crippen LogP contribution in [0.2, 0.25) is 0 Å². The highest BCUT2D eigenvalue weighted by Gasteiger charge is 2.33. The summed E-state index contributed by atoms with van der Waals surface area (Å²) < 4.78 is 0. The number of piperidine rings is 1. The fraction of sp³-hybridized carbons (Fsp3) is 0.500. The standard InChI is InChI=1S/C24H31N5O2/c1-17(30)28-11-9-19(10-12-28)24-25-21(14-22(26-24)27(2)3)20-13-23(31)29(16-20)15-18-7-5-4-6-8-18/h4-8,14,19-20H,9-13,15-16H2,1-3H3. The average Bonchev–Trinajstić information content (AvgIpc) is 3.14. The van der Waals surface area contributed by atoms with Crippen molar-refractivity contribution in [1.29, 1.82) is 0 Å². The first-order valence-corrected chi connectivity index (χ1v) is 11.0. The minimum absolute atomic E-state index is 0.0778. The van der Waals surface area contributed by atoms with Crippen LogP contribution >= 0.6 is 0 Å². The number of amides is 2. The molecule has 2 aliphatic rings. The second-order valence-corrected chi connectivity index (χ2v) is 8.84. The maximum absolute atomic E-state index is 12.7. The van der Waals surface area contributed by atoms with E-state index in [1.807, 2.05) is 53.1 Å². The van der Waals surface area contributed by atoms with E-state index in [0.717, 1.165) is 48.8 Å². The molecule has 1 unspecified atom stereocenters. The van der Waals surface area contributed by atoms with E-state index in [-0.39, 0.29) is 23.7 Å². The highest BCUT2D eigenvalue weighted by Crippen LogP contribution is 2.32. The zero-order valence-corrected chi connectivity index (χ0v) is 18.6. The molecule has 1 aromatic carbocycles. The first kappa shape index (κ1) is 21.3. The molecule has 2 amide bonds. The molecule has 0 radical (unpaired) electrons. The summed E-state index contributed by atoms with van der Waals surface area (Å²) in [5, 5.41) is 0. The number of benzene rings is 1. The number of hydrogen-bond acceptors (Lipinski definition) is 5. The first-order valence-electron chi connectivity index (χ1n) is 11.0. The molecule has 2 aromatic rings. The van der Waals surface area contributed by atoms with Crippen LogP contribution in [0.5, 0.6) is 0 Å². The third kappa shape index (κ3) is 4.86. The van der Waals surface area contributed by atoms with Gasteiger partial charge in [-0.15, -0.1) is 0 Å². The number of rotatable bonds is 5. The minimum atomic E-state index is 0.0778. The Hall–Kier alpha value is -2.96. The van der Waals surface area contributed by atoms with Crippen molar-refractivity contribution in [2.24, 2.45) is 0 Å². The lowest BCUT2D eigenvalue weighted by Gasteiger charge is -2.31. The topological polar surface area (TPSA) is 69.6 Å². The quantitative estimate of drug-likeness (QED) is 0.743. The second-order valence-electron chi connectivity index (χ2n) is 8.84. The van der Waals surface area contributed by atoms with Gasteiger partial charge in [-0.05, 0) is 18.4 Å². The molecule has 0 bridgehead atoms. The van der Waals surface area contributed by atoms with Gasteiger partial charge in [-0.3, -0.25) is 9.59 Å². The van der Waals surface area contributed by atoms with Crippen LogP contribution in [-0.4, -0.2) is 65.3 Å². The highest BCUT2D eigenvalue weighted by atomic mass is 16.2. The Bertz CT molecular complexity index is 938. The van der Waals surface area contributed by atoms with E-state index in [9.17, 15) is 9.59 Å². The molecule has 3 heterocycles. The van der Waals surface area contributed by atoms with Crippen molar-refractivity contribution < 1.29 is 9.59 Å². The summed E-state index contributed by atoms with van der Waals surface area (Å²) >= 11 is 0. The van der Waals surface area contributed by atoms with E-state index in [2.05, 4.69) is 12.1 Å². The molecule has 7 heteroatoms. The van der Waals surface area contributed by atoms with Crippen molar-refractivity contribution in [3.8, 4) is 0 Å². The first-order chi connectivity index (χ1) is 14.9. The van der Waals surface area contributed by atoms with Gasteiger partial charge in [0.15, 0.2) is 0 Å². The van der Waals surface area contributed by atoms with Gasteiger partial charge in [0.2, 0.25) is 11.8 Å². The zero-order valence-electron chi connectivity index (χ0n) is 18.6. The van der Waals surface area contributed by atoms with Gasteiger partial charge in [-0.2, -0.15) is 0 Å². The molecule has 7 nitrogen and oxygen atoms in total. The van der Waals surface area contributed by atoms with Crippen molar-refractivity contribution in [2.75, 3.05) is 38.6 Å². The number of likely N-dealkylation sites (tertiary alicyclic amines) is 2. The summed E-state index contributed by atoms with van der Waals surface area (Å²) in [7, 11) is 3.96. The van der Waals surface area contributed by atoms with Crippen LogP contribution in [0.25, 0.3) is 0 Å². The highest BCUT2D eigenvalue weighted by molar-refractivity contribution is 5.79. The van der Waals surface area contributed by atoms with Gasteiger partial charge < -0.3 is 14.7 Å². The van der Waals surface area contributed by atoms with Crippen LogP contribution in [0.1, 0.15) is 55.1 Å². The molecule has 0 spiro atoms. The predicted octanol–water partition coefficient (Wildman–Crippen LogP) is 2.78. The molecule has 0 saturated carbocycles. The predicted molar refractivity (Wildman–Crippen MR) is 120 cm³/mol. The fourth-order valence-corrected chi connectivity index (χ4v) is 4.47. The zero-order chi connectivity index (χ0) is 22.0. The molecular formula is C24H31N5O2. The van der Waals surface area contributed by atoms with Crippen molar-refractivity contribution in [2.45, 2.75) is 44.6 Å². The minimum Gasteiger partial charge on any atom is -0.363 e. The van der Waals surface area contributed by atoms with Gasteiger partial charge in [0.1, 0.15) is 11.6 Å². The summed E-state index contributed by atoms with van der Waals surface area (Å²) in [6.07, 6.45) is 2.23. The van der Waals surface area contributed by atoms with Crippen LogP contribution < -0.4 is 4.90 Å². The number of carbonyl (C=O) groups excluding carboxylic acids is 2. The van der Waals surface area contributed by atoms with Gasteiger partial charge in [0, 0.05) is 71.5 Å². The van der Waals surface area contributed by atoms with E-state index >= 15 is 0 Å². The molecule has 1 aromatic heterocycles. The van der Waals surface area contributed by atoms with E-state index < -0.39 is 0 Å². The second kappa shape index (κ2) is 9.04. The molecule has 1 atom stereocenters. The molecule has 2 saturated heterocycles. The van der Waals surface area contributed by atoms with Crippen LogP contribution in [0.3, 0.4) is 0 Å². The smallest absolute Gasteiger partial charge is 0.223 e. The Morgan fingerprint density at radius 3 is 2.45 bits per heavy atom. The van der Waals surface area contributed by atoms with Crippen LogP contribution in [0.4, 0.5) is 5.82 Å². The van der Waals surface area contributed by atoms with Crippen molar-refractivity contribution in [1.82, 2.24) is 19.8 Å². The average molecular weight is 422 g/mol. The summed E-state index contributed by atoms with van der Waals surface area (Å²) in [6, 6.07) is 12.1. The van der Waals surface area contributed by atoms with Crippen molar-refractivity contribution in [3.05, 3.63) is 53.5 Å². The van der Waals surface area contributed by atoms with Gasteiger partial charge in [0.05, 0.1) is 5.69 Å². The third-order valence-corrected chi connectivity index (χ3v) is 6.36. The SMILES string of the molecule is CC(=O)N1CCC(c2nc(C3CC(=O)N(Cc4ccccc4)C3)cc(N(C)C)n2)CC1. The van der Waals surface area contributed by atoms with Crippen molar-refractivity contribution >= 4 is 17.6 Å². The third-order valence-electron chi connectivity index (χ3n) is 6.36. The van der Waals surface area contributed by atoms with Crippen LogP contribution in [0, 0.1) is 0 Å². The number of carbonyl (C=O) groups is 2. The van der Waals surface area contributed by atoms with E-state index in [1.54, 1.807) is 6.92 Å². The Morgan fingerprint density at radius 2 is 1.81 bits per heavy atom. The molecule has 4 rings (SSSR count). The molecule has 0 aliphatic carbocycles. The Morgan fingerprint density at radius 1 is 1.10 bits per heavy atom. The number of anilines is 1. The largest absolute Gasteiger partial charge is 0.363 e. The summed E-state index contributed by atoms with van der Waals surface area (Å²) in [5.41, 5.74) is 2.10. The monoisotopic (exact) mass is 421 g/mol. The molecule has 31 heavy (non-hydrogen) atoms. The van der Waals surface area contributed by atoms with Gasteiger partial charge >= 0.3 is 0 Å². The molecule has 2 fully saturated rings. The lowest BCUT2D eigenvalue weighted by molar-refractivity contribution is -0.130. The van der Waals surface area contributed by atoms with Gasteiger partial charge in [-0.25, -0.2) is 9.97 Å². The molecule has 164 valence electrons. The Balaban J connectivity index is 1.53. The van der Waals surface area contributed by atoms with Crippen LogP contribution in [-0.2, 0) is 16.1 Å². The lowest BCUT2D eigenvalue weighted by Crippen LogP contribution is -2.36.